The van der Waals surface area contributed by atoms with Gasteiger partial charge in [0.25, 0.3) is 5.91 Å². The summed E-state index contributed by atoms with van der Waals surface area (Å²) in [5, 5.41) is 1.85. The Balaban J connectivity index is 1.38. The fraction of sp³-hybridized carbons (Fsp3) is 0.310. The van der Waals surface area contributed by atoms with Crippen molar-refractivity contribution in [3.05, 3.63) is 83.1 Å². The number of rotatable bonds is 6. The van der Waals surface area contributed by atoms with Crippen molar-refractivity contribution < 1.29 is 9.59 Å². The van der Waals surface area contributed by atoms with Gasteiger partial charge in [0, 0.05) is 36.2 Å². The number of thiazole rings is 1. The number of ketones is 1. The number of aromatic nitrogens is 2. The van der Waals surface area contributed by atoms with Gasteiger partial charge in [0.05, 0.1) is 15.4 Å². The van der Waals surface area contributed by atoms with E-state index < -0.39 is 0 Å². The molecule has 4 aromatic rings. The lowest BCUT2D eigenvalue weighted by atomic mass is 9.86. The Hall–Kier alpha value is -3.38. The summed E-state index contributed by atoms with van der Waals surface area (Å²) in [6.07, 6.45) is 4.77. The Labute approximate surface area is 209 Å². The van der Waals surface area contributed by atoms with Crippen LogP contribution in [0.4, 0.5) is 0 Å². The predicted molar refractivity (Wildman–Crippen MR) is 141 cm³/mol. The van der Waals surface area contributed by atoms with Crippen molar-refractivity contribution in [1.29, 1.82) is 0 Å². The van der Waals surface area contributed by atoms with Crippen molar-refractivity contribution in [2.75, 3.05) is 6.54 Å². The molecule has 0 N–H and O–H groups in total. The van der Waals surface area contributed by atoms with Crippen LogP contribution in [0.5, 0.6) is 0 Å². The zero-order valence-corrected chi connectivity index (χ0v) is 20.9. The number of piperidine rings is 1. The number of para-hydroxylation sites is 1. The molecule has 2 aromatic heterocycles. The first-order chi connectivity index (χ1) is 17.0. The molecular weight excluding hydrogens is 454 g/mol. The Kier molecular flexibility index (Phi) is 6.73. The highest BCUT2D eigenvalue weighted by atomic mass is 32.1. The zero-order chi connectivity index (χ0) is 24.4. The average Bonchev–Trinajstić information content (AvgIpc) is 3.29. The van der Waals surface area contributed by atoms with Crippen LogP contribution in [-0.4, -0.2) is 39.1 Å². The van der Waals surface area contributed by atoms with Crippen molar-refractivity contribution in [2.24, 2.45) is 5.92 Å². The molecule has 3 heterocycles. The molecule has 1 aliphatic rings. The second-order valence-electron chi connectivity index (χ2n) is 9.30. The van der Waals surface area contributed by atoms with Crippen molar-refractivity contribution in [1.82, 2.24) is 14.9 Å². The zero-order valence-electron chi connectivity index (χ0n) is 20.1. The van der Waals surface area contributed by atoms with E-state index in [4.69, 9.17) is 0 Å². The standard InChI is InChI=1S/C29H29N3O2S/c1-19-9-8-18-32(29(34)27-28(35-20(2)31-27)22-10-4-3-5-11-22)24(19)15-16-25(33)23-14-6-12-21-13-7-17-30-26(21)23/h3-7,10-14,17,19,24H,8-9,15-16,18H2,1-2H3/t19-,24-/m1/s1. The lowest BCUT2D eigenvalue weighted by Crippen LogP contribution is -2.48. The number of Topliss-reactive ketones (excluding diaryl/α,β-unsaturated/α-hetero) is 1. The summed E-state index contributed by atoms with van der Waals surface area (Å²) in [7, 11) is 0. The normalized spacial score (nSPS) is 18.1. The quantitative estimate of drug-likeness (QED) is 0.291. The Morgan fingerprint density at radius 3 is 2.69 bits per heavy atom. The number of amides is 1. The number of hydrogen-bond acceptors (Lipinski definition) is 5. The first-order valence-corrected chi connectivity index (χ1v) is 13.1. The molecule has 6 heteroatoms. The maximum atomic E-state index is 13.8. The van der Waals surface area contributed by atoms with Crippen LogP contribution >= 0.6 is 11.3 Å². The number of likely N-dealkylation sites (tertiary alicyclic amines) is 1. The van der Waals surface area contributed by atoms with Crippen molar-refractivity contribution in [2.45, 2.75) is 45.6 Å². The number of hydrogen-bond donors (Lipinski definition) is 0. The topological polar surface area (TPSA) is 63.2 Å². The third-order valence-electron chi connectivity index (χ3n) is 6.95. The second kappa shape index (κ2) is 10.1. The number of carbonyl (C=O) groups excluding carboxylic acids is 2. The highest BCUT2D eigenvalue weighted by Gasteiger charge is 2.35. The molecule has 5 nitrogen and oxygen atoms in total. The average molecular weight is 484 g/mol. The minimum absolute atomic E-state index is 0.00812. The molecule has 0 unspecified atom stereocenters. The Morgan fingerprint density at radius 2 is 1.86 bits per heavy atom. The van der Waals surface area contributed by atoms with Crippen LogP contribution in [0.3, 0.4) is 0 Å². The lowest BCUT2D eigenvalue weighted by Gasteiger charge is -2.40. The Bertz CT molecular complexity index is 1360. The van der Waals surface area contributed by atoms with Gasteiger partial charge >= 0.3 is 0 Å². The van der Waals surface area contributed by atoms with E-state index in [1.54, 1.807) is 17.5 Å². The van der Waals surface area contributed by atoms with Gasteiger partial charge in [-0.05, 0) is 49.8 Å². The molecule has 0 bridgehead atoms. The van der Waals surface area contributed by atoms with Gasteiger partial charge in [0.1, 0.15) is 5.69 Å². The summed E-state index contributed by atoms with van der Waals surface area (Å²) in [5.74, 6) is 0.379. The number of pyridine rings is 1. The molecular formula is C29H29N3O2S. The van der Waals surface area contributed by atoms with Crippen molar-refractivity contribution in [3.8, 4) is 10.4 Å². The number of benzene rings is 2. The summed E-state index contributed by atoms with van der Waals surface area (Å²) < 4.78 is 0. The van der Waals surface area contributed by atoms with E-state index in [1.165, 1.54) is 0 Å². The van der Waals surface area contributed by atoms with E-state index in [0.29, 0.717) is 36.6 Å². The molecule has 178 valence electrons. The van der Waals surface area contributed by atoms with Crippen LogP contribution < -0.4 is 0 Å². The van der Waals surface area contributed by atoms with Gasteiger partial charge < -0.3 is 4.90 Å². The summed E-state index contributed by atoms with van der Waals surface area (Å²) in [4.78, 5) is 39.1. The maximum Gasteiger partial charge on any atom is 0.274 e. The van der Waals surface area contributed by atoms with Crippen LogP contribution in [0, 0.1) is 12.8 Å². The van der Waals surface area contributed by atoms with Crippen LogP contribution in [0.25, 0.3) is 21.3 Å². The molecule has 1 aliphatic heterocycles. The van der Waals surface area contributed by atoms with E-state index in [-0.39, 0.29) is 17.7 Å². The van der Waals surface area contributed by atoms with Crippen LogP contribution in [0.15, 0.2) is 66.9 Å². The fourth-order valence-electron chi connectivity index (χ4n) is 5.18. The lowest BCUT2D eigenvalue weighted by molar-refractivity contribution is 0.0484. The minimum Gasteiger partial charge on any atom is -0.334 e. The third kappa shape index (κ3) is 4.76. The molecule has 0 spiro atoms. The Morgan fingerprint density at radius 1 is 1.06 bits per heavy atom. The molecule has 2 aromatic carbocycles. The van der Waals surface area contributed by atoms with E-state index >= 15 is 0 Å². The molecule has 1 fully saturated rings. The summed E-state index contributed by atoms with van der Waals surface area (Å²) in [5.41, 5.74) is 2.95. The van der Waals surface area contributed by atoms with Crippen LogP contribution in [-0.2, 0) is 0 Å². The molecule has 0 radical (unpaired) electrons. The largest absolute Gasteiger partial charge is 0.334 e. The fourth-order valence-corrected chi connectivity index (χ4v) is 6.09. The van der Waals surface area contributed by atoms with E-state index in [2.05, 4.69) is 16.9 Å². The SMILES string of the molecule is Cc1nc(C(=O)N2CCC[C@@H](C)[C@H]2CCC(=O)c2cccc3cccnc23)c(-c2ccccc2)s1. The molecule has 1 saturated heterocycles. The van der Waals surface area contributed by atoms with Crippen molar-refractivity contribution >= 4 is 33.9 Å². The summed E-state index contributed by atoms with van der Waals surface area (Å²) >= 11 is 1.56. The maximum absolute atomic E-state index is 13.8. The van der Waals surface area contributed by atoms with Gasteiger partial charge in [-0.2, -0.15) is 0 Å². The number of fused-ring (bicyclic) bond motifs is 1. The van der Waals surface area contributed by atoms with E-state index in [1.807, 2.05) is 72.5 Å². The molecule has 0 aliphatic carbocycles. The number of aryl methyl sites for hydroxylation is 1. The van der Waals surface area contributed by atoms with Crippen LogP contribution in [0.2, 0.25) is 0 Å². The van der Waals surface area contributed by atoms with Gasteiger partial charge in [-0.15, -0.1) is 11.3 Å². The first kappa shape index (κ1) is 23.4. The minimum atomic E-state index is -0.0240. The van der Waals surface area contributed by atoms with E-state index in [0.717, 1.165) is 39.2 Å². The number of carbonyl (C=O) groups is 2. The summed E-state index contributed by atoms with van der Waals surface area (Å²) in [6.45, 7) is 4.84. The monoisotopic (exact) mass is 483 g/mol. The molecule has 5 rings (SSSR count). The molecule has 35 heavy (non-hydrogen) atoms. The third-order valence-corrected chi connectivity index (χ3v) is 7.97. The van der Waals surface area contributed by atoms with Crippen molar-refractivity contribution in [3.63, 3.8) is 0 Å². The molecule has 0 saturated carbocycles. The number of nitrogens with zero attached hydrogens (tertiary/aromatic N) is 3. The van der Waals surface area contributed by atoms with Gasteiger partial charge in [-0.25, -0.2) is 4.98 Å². The van der Waals surface area contributed by atoms with Crippen LogP contribution in [0.1, 0.15) is 58.5 Å². The van der Waals surface area contributed by atoms with Gasteiger partial charge in [0.2, 0.25) is 0 Å². The van der Waals surface area contributed by atoms with E-state index in [9.17, 15) is 9.59 Å². The van der Waals surface area contributed by atoms with Gasteiger partial charge in [0.15, 0.2) is 5.78 Å². The highest BCUT2D eigenvalue weighted by Crippen LogP contribution is 2.34. The smallest absolute Gasteiger partial charge is 0.274 e. The molecule has 2 atom stereocenters. The van der Waals surface area contributed by atoms with Gasteiger partial charge in [-0.3, -0.25) is 14.6 Å². The predicted octanol–water partition coefficient (Wildman–Crippen LogP) is 6.57. The second-order valence-corrected chi connectivity index (χ2v) is 10.5. The molecule has 1 amide bonds. The first-order valence-electron chi connectivity index (χ1n) is 12.2. The summed E-state index contributed by atoms with van der Waals surface area (Å²) in [6, 6.07) is 19.6. The highest BCUT2D eigenvalue weighted by molar-refractivity contribution is 7.15. The van der Waals surface area contributed by atoms with Gasteiger partial charge in [-0.1, -0.05) is 55.5 Å².